The van der Waals surface area contributed by atoms with E-state index >= 15 is 0 Å². The van der Waals surface area contributed by atoms with Gasteiger partial charge in [0.1, 0.15) is 0 Å². The predicted octanol–water partition coefficient (Wildman–Crippen LogP) is 5.49. The molecular weight excluding hydrogens is 310 g/mol. The van der Waals surface area contributed by atoms with Gasteiger partial charge in [0.15, 0.2) is 0 Å². The molecule has 2 N–H and O–H groups in total. The van der Waals surface area contributed by atoms with Crippen LogP contribution in [-0.2, 0) is 0 Å². The maximum absolute atomic E-state index is 6.33. The van der Waals surface area contributed by atoms with E-state index in [1.54, 1.807) is 0 Å². The van der Waals surface area contributed by atoms with Gasteiger partial charge < -0.3 is 5.73 Å². The average molecular weight is 322 g/mol. The van der Waals surface area contributed by atoms with Crippen LogP contribution in [0.25, 0.3) is 32.3 Å². The molecular formula is C18H12BrN. The molecule has 0 saturated heterocycles. The van der Waals surface area contributed by atoms with Crippen LogP contribution < -0.4 is 5.73 Å². The van der Waals surface area contributed by atoms with Gasteiger partial charge in [0.25, 0.3) is 0 Å². The van der Waals surface area contributed by atoms with Crippen molar-refractivity contribution in [2.24, 2.45) is 0 Å². The third kappa shape index (κ3) is 1.49. The first-order chi connectivity index (χ1) is 9.77. The second-order valence-corrected chi connectivity index (χ2v) is 5.78. The Balaban J connectivity index is 2.39. The minimum Gasteiger partial charge on any atom is -0.397 e. The number of halogens is 1. The number of hydrogen-bond acceptors (Lipinski definition) is 1. The van der Waals surface area contributed by atoms with Crippen molar-refractivity contribution in [3.8, 4) is 0 Å². The third-order valence-electron chi connectivity index (χ3n) is 3.89. The van der Waals surface area contributed by atoms with Gasteiger partial charge in [-0.1, -0.05) is 60.7 Å². The Hall–Kier alpha value is -2.06. The molecule has 0 saturated carbocycles. The van der Waals surface area contributed by atoms with Crippen LogP contribution in [0, 0.1) is 0 Å². The predicted molar refractivity (Wildman–Crippen MR) is 91.1 cm³/mol. The molecule has 0 aliphatic heterocycles. The normalized spacial score (nSPS) is 11.4. The van der Waals surface area contributed by atoms with Gasteiger partial charge in [-0.3, -0.25) is 0 Å². The van der Waals surface area contributed by atoms with Crippen LogP contribution in [-0.4, -0.2) is 0 Å². The van der Waals surface area contributed by atoms with Crippen LogP contribution >= 0.6 is 15.9 Å². The first-order valence-electron chi connectivity index (χ1n) is 6.54. The summed E-state index contributed by atoms with van der Waals surface area (Å²) in [5.74, 6) is 0. The van der Waals surface area contributed by atoms with Gasteiger partial charge in [-0.05, 0) is 37.5 Å². The van der Waals surface area contributed by atoms with Gasteiger partial charge >= 0.3 is 0 Å². The van der Waals surface area contributed by atoms with Crippen LogP contribution in [0.3, 0.4) is 0 Å². The summed E-state index contributed by atoms with van der Waals surface area (Å²) in [7, 11) is 0. The van der Waals surface area contributed by atoms with Gasteiger partial charge in [-0.25, -0.2) is 0 Å². The lowest BCUT2D eigenvalue weighted by Crippen LogP contribution is -1.91. The smallest absolute Gasteiger partial charge is 0.0544 e. The number of fused-ring (bicyclic) bond motifs is 5. The fraction of sp³-hybridized carbons (Fsp3) is 0. The SMILES string of the molecule is Nc1c(Br)c2c3ccccc3ccc2c2ccccc12. The van der Waals surface area contributed by atoms with Crippen molar-refractivity contribution in [3.63, 3.8) is 0 Å². The minimum absolute atomic E-state index is 0.810. The summed E-state index contributed by atoms with van der Waals surface area (Å²) >= 11 is 3.70. The molecule has 4 rings (SSSR count). The number of rotatable bonds is 0. The first-order valence-corrected chi connectivity index (χ1v) is 7.34. The molecule has 0 aliphatic carbocycles. The molecule has 0 radical (unpaired) electrons. The highest BCUT2D eigenvalue weighted by molar-refractivity contribution is 9.10. The molecule has 0 aliphatic rings. The van der Waals surface area contributed by atoms with Crippen molar-refractivity contribution in [1.29, 1.82) is 0 Å². The van der Waals surface area contributed by atoms with Gasteiger partial charge in [-0.15, -0.1) is 0 Å². The number of anilines is 1. The van der Waals surface area contributed by atoms with Crippen molar-refractivity contribution >= 4 is 53.9 Å². The quantitative estimate of drug-likeness (QED) is 0.336. The van der Waals surface area contributed by atoms with Crippen LogP contribution in [0.15, 0.2) is 65.1 Å². The molecule has 0 heterocycles. The molecule has 0 fully saturated rings. The maximum Gasteiger partial charge on any atom is 0.0544 e. The third-order valence-corrected chi connectivity index (χ3v) is 4.72. The second kappa shape index (κ2) is 4.22. The van der Waals surface area contributed by atoms with Crippen LogP contribution in [0.1, 0.15) is 0 Å². The van der Waals surface area contributed by atoms with Gasteiger partial charge in [-0.2, -0.15) is 0 Å². The molecule has 0 aromatic heterocycles. The minimum atomic E-state index is 0.810. The molecule has 0 spiro atoms. The zero-order valence-electron chi connectivity index (χ0n) is 10.7. The Morgan fingerprint density at radius 3 is 2.10 bits per heavy atom. The summed E-state index contributed by atoms with van der Waals surface area (Å²) in [4.78, 5) is 0. The van der Waals surface area contributed by atoms with Crippen molar-refractivity contribution in [3.05, 3.63) is 65.1 Å². The Morgan fingerprint density at radius 2 is 1.30 bits per heavy atom. The Kier molecular flexibility index (Phi) is 2.48. The summed E-state index contributed by atoms with van der Waals surface area (Å²) in [5.41, 5.74) is 7.14. The molecule has 0 atom stereocenters. The highest BCUT2D eigenvalue weighted by atomic mass is 79.9. The molecule has 1 nitrogen and oxygen atoms in total. The van der Waals surface area contributed by atoms with Gasteiger partial charge in [0, 0.05) is 15.2 Å². The van der Waals surface area contributed by atoms with E-state index in [2.05, 4.69) is 70.5 Å². The van der Waals surface area contributed by atoms with E-state index in [4.69, 9.17) is 5.73 Å². The first kappa shape index (κ1) is 11.7. The zero-order valence-corrected chi connectivity index (χ0v) is 12.3. The average Bonchev–Trinajstić information content (AvgIpc) is 2.51. The van der Waals surface area contributed by atoms with Crippen LogP contribution in [0.4, 0.5) is 5.69 Å². The van der Waals surface area contributed by atoms with E-state index in [1.165, 1.54) is 26.9 Å². The summed E-state index contributed by atoms with van der Waals surface area (Å²) in [5, 5.41) is 7.19. The molecule has 0 bridgehead atoms. The fourth-order valence-corrected chi connectivity index (χ4v) is 3.58. The van der Waals surface area contributed by atoms with Crippen LogP contribution in [0.2, 0.25) is 0 Å². The lowest BCUT2D eigenvalue weighted by Gasteiger charge is -2.12. The number of nitrogen functional groups attached to an aromatic ring is 1. The highest BCUT2D eigenvalue weighted by Crippen LogP contribution is 2.41. The topological polar surface area (TPSA) is 26.0 Å². The molecule has 20 heavy (non-hydrogen) atoms. The van der Waals surface area contributed by atoms with E-state index in [0.717, 1.165) is 15.5 Å². The molecule has 0 unspecified atom stereocenters. The molecule has 0 amide bonds. The number of hydrogen-bond donors (Lipinski definition) is 1. The standard InChI is InChI=1S/C18H12BrN/c19-17-16-12-6-2-1-5-11(12)9-10-14(16)13-7-3-4-8-15(13)18(17)20/h1-10H,20H2. The maximum atomic E-state index is 6.33. The second-order valence-electron chi connectivity index (χ2n) is 4.98. The van der Waals surface area contributed by atoms with Gasteiger partial charge in [0.05, 0.1) is 5.69 Å². The molecule has 4 aromatic rings. The summed E-state index contributed by atoms with van der Waals surface area (Å²) in [6.45, 7) is 0. The van der Waals surface area contributed by atoms with Crippen molar-refractivity contribution in [2.75, 3.05) is 5.73 Å². The summed E-state index contributed by atoms with van der Waals surface area (Å²) < 4.78 is 0.989. The van der Waals surface area contributed by atoms with Crippen molar-refractivity contribution < 1.29 is 0 Å². The summed E-state index contributed by atoms with van der Waals surface area (Å²) in [6, 6.07) is 21.1. The Bertz CT molecular complexity index is 967. The zero-order chi connectivity index (χ0) is 13.7. The van der Waals surface area contributed by atoms with E-state index in [0.29, 0.717) is 0 Å². The number of benzene rings is 4. The lowest BCUT2D eigenvalue weighted by molar-refractivity contribution is 1.73. The molecule has 96 valence electrons. The van der Waals surface area contributed by atoms with Gasteiger partial charge in [0.2, 0.25) is 0 Å². The van der Waals surface area contributed by atoms with E-state index in [9.17, 15) is 0 Å². The molecule has 2 heteroatoms. The van der Waals surface area contributed by atoms with Crippen molar-refractivity contribution in [1.82, 2.24) is 0 Å². The largest absolute Gasteiger partial charge is 0.397 e. The highest BCUT2D eigenvalue weighted by Gasteiger charge is 2.12. The summed E-state index contributed by atoms with van der Waals surface area (Å²) in [6.07, 6.45) is 0. The van der Waals surface area contributed by atoms with Crippen LogP contribution in [0.5, 0.6) is 0 Å². The van der Waals surface area contributed by atoms with E-state index in [-0.39, 0.29) is 0 Å². The van der Waals surface area contributed by atoms with E-state index < -0.39 is 0 Å². The Labute approximate surface area is 125 Å². The molecule has 4 aromatic carbocycles. The van der Waals surface area contributed by atoms with Crippen molar-refractivity contribution in [2.45, 2.75) is 0 Å². The number of nitrogens with two attached hydrogens (primary N) is 1. The fourth-order valence-electron chi connectivity index (χ4n) is 2.94. The monoisotopic (exact) mass is 321 g/mol. The Morgan fingerprint density at radius 1 is 0.650 bits per heavy atom. The van der Waals surface area contributed by atoms with E-state index in [1.807, 2.05) is 6.07 Å². The lowest BCUT2D eigenvalue weighted by atomic mass is 9.96.